The fraction of sp³-hybridized carbons (Fsp3) is 0.222. The van der Waals surface area contributed by atoms with Gasteiger partial charge in [0.2, 0.25) is 0 Å². The van der Waals surface area contributed by atoms with E-state index < -0.39 is 12.1 Å². The lowest BCUT2D eigenvalue weighted by Crippen LogP contribution is -2.18. The molecule has 0 N–H and O–H groups in total. The maximum absolute atomic E-state index is 12.0. The summed E-state index contributed by atoms with van der Waals surface area (Å²) in [6, 6.07) is 2.44. The summed E-state index contributed by atoms with van der Waals surface area (Å²) in [4.78, 5) is 11.2. The van der Waals surface area contributed by atoms with Gasteiger partial charge in [-0.3, -0.25) is 4.79 Å². The van der Waals surface area contributed by atoms with E-state index in [2.05, 4.69) is 36.6 Å². The van der Waals surface area contributed by atoms with Gasteiger partial charge < -0.3 is 4.74 Å². The Morgan fingerprint density at radius 2 is 1.88 bits per heavy atom. The summed E-state index contributed by atoms with van der Waals surface area (Å²) in [5, 5.41) is 0. The van der Waals surface area contributed by atoms with E-state index in [9.17, 15) is 18.0 Å². The minimum absolute atomic E-state index is 0.0216. The Morgan fingerprint density at radius 3 is 2.31 bits per heavy atom. The molecule has 0 bridgehead atoms. The minimum atomic E-state index is -4.79. The van der Waals surface area contributed by atoms with Gasteiger partial charge in [-0.2, -0.15) is 0 Å². The van der Waals surface area contributed by atoms with Gasteiger partial charge in [0, 0.05) is 10.0 Å². The molecule has 0 aliphatic carbocycles. The summed E-state index contributed by atoms with van der Waals surface area (Å²) in [5.74, 6) is -0.813. The van der Waals surface area contributed by atoms with Crippen molar-refractivity contribution < 1.29 is 22.7 Å². The standard InChI is InChI=1S/C9H5Br2F3O2/c1-4(15)7-5(10)2-3-6(8(7)11)16-9(12,13)14/h2-3H,1H3. The molecule has 16 heavy (non-hydrogen) atoms. The highest BCUT2D eigenvalue weighted by atomic mass is 79.9. The Morgan fingerprint density at radius 1 is 1.31 bits per heavy atom. The van der Waals surface area contributed by atoms with Crippen molar-refractivity contribution in [1.29, 1.82) is 0 Å². The van der Waals surface area contributed by atoms with Crippen LogP contribution in [0.4, 0.5) is 13.2 Å². The molecule has 0 amide bonds. The molecule has 0 aliphatic heterocycles. The molecule has 1 aromatic rings. The van der Waals surface area contributed by atoms with Crippen LogP contribution in [0.15, 0.2) is 21.1 Å². The summed E-state index contributed by atoms with van der Waals surface area (Å²) >= 11 is 5.98. The number of carbonyl (C=O) groups excluding carboxylic acids is 1. The van der Waals surface area contributed by atoms with Gasteiger partial charge in [-0.05, 0) is 35.0 Å². The predicted molar refractivity (Wildman–Crippen MR) is 58.5 cm³/mol. The summed E-state index contributed by atoms with van der Waals surface area (Å²) in [6.45, 7) is 1.25. The normalized spacial score (nSPS) is 11.4. The van der Waals surface area contributed by atoms with Crippen LogP contribution >= 0.6 is 31.9 Å². The Labute approximate surface area is 106 Å². The number of ketones is 1. The molecule has 0 heterocycles. The van der Waals surface area contributed by atoms with Crippen LogP contribution in [-0.4, -0.2) is 12.1 Å². The second-order valence-corrected chi connectivity index (χ2v) is 4.49. The number of halogens is 5. The van der Waals surface area contributed by atoms with Gasteiger partial charge in [0.25, 0.3) is 0 Å². The third-order valence-electron chi connectivity index (χ3n) is 1.63. The summed E-state index contributed by atoms with van der Waals surface area (Å²) in [5.41, 5.74) is 0.113. The zero-order valence-electron chi connectivity index (χ0n) is 7.86. The summed E-state index contributed by atoms with van der Waals surface area (Å²) < 4.78 is 40.2. The molecule has 0 radical (unpaired) electrons. The van der Waals surface area contributed by atoms with Gasteiger partial charge in [0.15, 0.2) is 5.78 Å². The lowest BCUT2D eigenvalue weighted by atomic mass is 10.1. The van der Waals surface area contributed by atoms with E-state index in [1.165, 1.54) is 13.0 Å². The van der Waals surface area contributed by atoms with E-state index >= 15 is 0 Å². The van der Waals surface area contributed by atoms with Gasteiger partial charge in [-0.15, -0.1) is 13.2 Å². The highest BCUT2D eigenvalue weighted by Crippen LogP contribution is 2.36. The van der Waals surface area contributed by atoms with Crippen molar-refractivity contribution in [3.05, 3.63) is 26.6 Å². The van der Waals surface area contributed by atoms with Crippen LogP contribution in [0.25, 0.3) is 0 Å². The van der Waals surface area contributed by atoms with E-state index in [0.29, 0.717) is 4.47 Å². The number of hydrogen-bond donors (Lipinski definition) is 0. The second kappa shape index (κ2) is 4.75. The largest absolute Gasteiger partial charge is 0.573 e. The topological polar surface area (TPSA) is 26.3 Å². The van der Waals surface area contributed by atoms with E-state index in [0.717, 1.165) is 6.07 Å². The number of carbonyl (C=O) groups is 1. The number of rotatable bonds is 2. The average molecular weight is 362 g/mol. The predicted octanol–water partition coefficient (Wildman–Crippen LogP) is 4.31. The molecular formula is C9H5Br2F3O2. The first-order valence-corrected chi connectivity index (χ1v) is 5.55. The Balaban J connectivity index is 3.24. The van der Waals surface area contributed by atoms with Crippen LogP contribution < -0.4 is 4.74 Å². The SMILES string of the molecule is CC(=O)c1c(Br)ccc(OC(F)(F)F)c1Br. The van der Waals surface area contributed by atoms with Crippen molar-refractivity contribution in [2.24, 2.45) is 0 Å². The van der Waals surface area contributed by atoms with Crippen molar-refractivity contribution in [1.82, 2.24) is 0 Å². The first-order chi connectivity index (χ1) is 7.22. The zero-order valence-corrected chi connectivity index (χ0v) is 11.0. The molecule has 2 nitrogen and oxygen atoms in total. The molecule has 0 aliphatic rings. The van der Waals surface area contributed by atoms with E-state index in [1.54, 1.807) is 0 Å². The molecule has 0 spiro atoms. The molecule has 1 rings (SSSR count). The van der Waals surface area contributed by atoms with Crippen LogP contribution in [0, 0.1) is 0 Å². The summed E-state index contributed by atoms with van der Waals surface area (Å²) in [6.07, 6.45) is -4.79. The van der Waals surface area contributed by atoms with E-state index in [1.807, 2.05) is 0 Å². The third kappa shape index (κ3) is 3.21. The second-order valence-electron chi connectivity index (χ2n) is 2.84. The Bertz CT molecular complexity index is 429. The molecule has 0 fully saturated rings. The number of alkyl halides is 3. The third-order valence-corrected chi connectivity index (χ3v) is 3.08. The maximum Gasteiger partial charge on any atom is 0.573 e. The molecular weight excluding hydrogens is 357 g/mol. The lowest BCUT2D eigenvalue weighted by molar-refractivity contribution is -0.274. The van der Waals surface area contributed by atoms with Crippen LogP contribution in [0.5, 0.6) is 5.75 Å². The van der Waals surface area contributed by atoms with E-state index in [-0.39, 0.29) is 15.8 Å². The molecule has 0 unspecified atom stereocenters. The maximum atomic E-state index is 12.0. The zero-order chi connectivity index (χ0) is 12.5. The molecule has 0 aromatic heterocycles. The number of Topliss-reactive ketones (excluding diaryl/α,β-unsaturated/α-hetero) is 1. The summed E-state index contributed by atoms with van der Waals surface area (Å²) in [7, 11) is 0. The molecule has 0 atom stereocenters. The van der Waals surface area contributed by atoms with Gasteiger partial charge in [-0.25, -0.2) is 0 Å². The number of ether oxygens (including phenoxy) is 1. The minimum Gasteiger partial charge on any atom is -0.405 e. The lowest BCUT2D eigenvalue weighted by Gasteiger charge is -2.13. The van der Waals surface area contributed by atoms with Crippen LogP contribution in [0.3, 0.4) is 0 Å². The van der Waals surface area contributed by atoms with Crippen LogP contribution in [-0.2, 0) is 0 Å². The number of hydrogen-bond acceptors (Lipinski definition) is 2. The van der Waals surface area contributed by atoms with Gasteiger partial charge in [0.1, 0.15) is 5.75 Å². The smallest absolute Gasteiger partial charge is 0.405 e. The van der Waals surface area contributed by atoms with Crippen LogP contribution in [0.2, 0.25) is 0 Å². The fourth-order valence-corrected chi connectivity index (χ4v) is 2.64. The molecule has 88 valence electrons. The van der Waals surface area contributed by atoms with E-state index in [4.69, 9.17) is 0 Å². The average Bonchev–Trinajstić information content (AvgIpc) is 2.07. The van der Waals surface area contributed by atoms with Gasteiger partial charge in [0.05, 0.1) is 4.47 Å². The molecule has 7 heteroatoms. The van der Waals surface area contributed by atoms with Crippen molar-refractivity contribution in [2.75, 3.05) is 0 Å². The molecule has 1 aromatic carbocycles. The monoisotopic (exact) mass is 360 g/mol. The van der Waals surface area contributed by atoms with Crippen molar-refractivity contribution in [3.8, 4) is 5.75 Å². The fourth-order valence-electron chi connectivity index (χ4n) is 1.06. The van der Waals surface area contributed by atoms with Gasteiger partial charge >= 0.3 is 6.36 Å². The first-order valence-electron chi connectivity index (χ1n) is 3.97. The van der Waals surface area contributed by atoms with Crippen molar-refractivity contribution in [3.63, 3.8) is 0 Å². The quantitative estimate of drug-likeness (QED) is 0.733. The number of benzene rings is 1. The van der Waals surface area contributed by atoms with Crippen molar-refractivity contribution >= 4 is 37.6 Å². The first kappa shape index (κ1) is 13.5. The Kier molecular flexibility index (Phi) is 4.01. The highest BCUT2D eigenvalue weighted by Gasteiger charge is 2.32. The van der Waals surface area contributed by atoms with Gasteiger partial charge in [-0.1, -0.05) is 15.9 Å². The van der Waals surface area contributed by atoms with Crippen LogP contribution in [0.1, 0.15) is 17.3 Å². The molecule has 0 saturated carbocycles. The van der Waals surface area contributed by atoms with Crippen molar-refractivity contribution in [2.45, 2.75) is 13.3 Å². The molecule has 0 saturated heterocycles. The highest BCUT2D eigenvalue weighted by molar-refractivity contribution is 9.11. The Hall–Kier alpha value is -0.560.